The van der Waals surface area contributed by atoms with E-state index < -0.39 is 0 Å². The van der Waals surface area contributed by atoms with Gasteiger partial charge >= 0.3 is 0 Å². The first-order valence-corrected chi connectivity index (χ1v) is 6.60. The molecule has 3 nitrogen and oxygen atoms in total. The average molecular weight is 276 g/mol. The Labute approximate surface area is 119 Å². The molecule has 0 saturated heterocycles. The maximum absolute atomic E-state index is 6.00. The molecule has 0 aliphatic rings. The monoisotopic (exact) mass is 275 g/mol. The van der Waals surface area contributed by atoms with E-state index in [2.05, 4.69) is 47.1 Å². The van der Waals surface area contributed by atoms with E-state index in [0.717, 1.165) is 22.6 Å². The van der Waals surface area contributed by atoms with Crippen molar-refractivity contribution in [3.05, 3.63) is 45.6 Å². The lowest BCUT2D eigenvalue weighted by Gasteiger charge is -2.22. The molecule has 0 bridgehead atoms. The van der Waals surface area contributed by atoms with Gasteiger partial charge in [-0.05, 0) is 50.5 Å². The van der Waals surface area contributed by atoms with Crippen molar-refractivity contribution in [1.29, 1.82) is 0 Å². The lowest BCUT2D eigenvalue weighted by Crippen LogP contribution is -2.15. The van der Waals surface area contributed by atoms with Crippen molar-refractivity contribution in [2.24, 2.45) is 0 Å². The summed E-state index contributed by atoms with van der Waals surface area (Å²) in [5, 5.41) is 8.70. The molecule has 2 rings (SSSR count). The number of benzene rings is 1. The van der Waals surface area contributed by atoms with Gasteiger partial charge in [-0.1, -0.05) is 29.3 Å². The SMILES string of the molecule is Cc1ccc(N(C)c2nnc(Cl)c(C)c2C)c(C)c1. The Morgan fingerprint density at radius 2 is 1.68 bits per heavy atom. The summed E-state index contributed by atoms with van der Waals surface area (Å²) in [5.41, 5.74) is 5.64. The van der Waals surface area contributed by atoms with Crippen LogP contribution in [0.5, 0.6) is 0 Å². The third-order valence-electron chi connectivity index (χ3n) is 3.47. The van der Waals surface area contributed by atoms with E-state index >= 15 is 0 Å². The van der Waals surface area contributed by atoms with Gasteiger partial charge in [0.1, 0.15) is 0 Å². The Bertz CT molecular complexity index is 623. The largest absolute Gasteiger partial charge is 0.328 e. The molecule has 0 saturated carbocycles. The second-order valence-corrected chi connectivity index (χ2v) is 5.27. The molecule has 0 N–H and O–H groups in total. The molecule has 0 fully saturated rings. The average Bonchev–Trinajstić information content (AvgIpc) is 2.35. The molecule has 100 valence electrons. The van der Waals surface area contributed by atoms with Crippen LogP contribution in [0.2, 0.25) is 5.15 Å². The van der Waals surface area contributed by atoms with Crippen LogP contribution < -0.4 is 4.90 Å². The van der Waals surface area contributed by atoms with Crippen LogP contribution in [0, 0.1) is 27.7 Å². The first-order valence-electron chi connectivity index (χ1n) is 6.22. The van der Waals surface area contributed by atoms with Crippen LogP contribution in [-0.4, -0.2) is 17.2 Å². The van der Waals surface area contributed by atoms with Crippen LogP contribution >= 0.6 is 11.6 Å². The van der Waals surface area contributed by atoms with Gasteiger partial charge < -0.3 is 4.90 Å². The van der Waals surface area contributed by atoms with Crippen molar-refractivity contribution in [3.63, 3.8) is 0 Å². The molecule has 19 heavy (non-hydrogen) atoms. The molecular formula is C15H18ClN3. The van der Waals surface area contributed by atoms with Crippen LogP contribution in [0.4, 0.5) is 11.5 Å². The first-order chi connectivity index (χ1) is 8.91. The predicted octanol–water partition coefficient (Wildman–Crippen LogP) is 4.13. The zero-order valence-electron chi connectivity index (χ0n) is 12.0. The number of aryl methyl sites for hydroxylation is 2. The Hall–Kier alpha value is -1.61. The molecule has 0 radical (unpaired) electrons. The number of hydrogen-bond donors (Lipinski definition) is 0. The van der Waals surface area contributed by atoms with E-state index in [9.17, 15) is 0 Å². The highest BCUT2D eigenvalue weighted by Gasteiger charge is 2.14. The van der Waals surface area contributed by atoms with E-state index in [1.165, 1.54) is 11.1 Å². The van der Waals surface area contributed by atoms with E-state index in [4.69, 9.17) is 11.6 Å². The van der Waals surface area contributed by atoms with Gasteiger partial charge in [-0.15, -0.1) is 10.2 Å². The zero-order valence-corrected chi connectivity index (χ0v) is 12.7. The minimum absolute atomic E-state index is 0.468. The summed E-state index contributed by atoms with van der Waals surface area (Å²) in [7, 11) is 2.00. The standard InChI is InChI=1S/C15H18ClN3/c1-9-6-7-13(10(2)8-9)19(5)15-12(4)11(3)14(16)17-18-15/h6-8H,1-5H3. The second kappa shape index (κ2) is 5.17. The fraction of sp³-hybridized carbons (Fsp3) is 0.333. The maximum atomic E-state index is 6.00. The predicted molar refractivity (Wildman–Crippen MR) is 80.5 cm³/mol. The van der Waals surface area contributed by atoms with Gasteiger partial charge in [-0.2, -0.15) is 0 Å². The molecule has 4 heteroatoms. The Balaban J connectivity index is 2.50. The highest BCUT2D eigenvalue weighted by Crippen LogP contribution is 2.30. The molecule has 1 aromatic heterocycles. The summed E-state index contributed by atoms with van der Waals surface area (Å²) >= 11 is 6.00. The number of aromatic nitrogens is 2. The van der Waals surface area contributed by atoms with Gasteiger partial charge in [-0.3, -0.25) is 0 Å². The van der Waals surface area contributed by atoms with Crippen LogP contribution in [-0.2, 0) is 0 Å². The van der Waals surface area contributed by atoms with E-state index in [-0.39, 0.29) is 0 Å². The van der Waals surface area contributed by atoms with Gasteiger partial charge in [0, 0.05) is 12.7 Å². The molecule has 0 aliphatic carbocycles. The molecule has 0 atom stereocenters. The van der Waals surface area contributed by atoms with Crippen molar-refractivity contribution in [3.8, 4) is 0 Å². The van der Waals surface area contributed by atoms with Gasteiger partial charge in [0.05, 0.1) is 0 Å². The quantitative estimate of drug-likeness (QED) is 0.825. The number of halogens is 1. The lowest BCUT2D eigenvalue weighted by atomic mass is 10.1. The van der Waals surface area contributed by atoms with Crippen molar-refractivity contribution in [1.82, 2.24) is 10.2 Å². The highest BCUT2D eigenvalue weighted by atomic mass is 35.5. The van der Waals surface area contributed by atoms with Crippen molar-refractivity contribution < 1.29 is 0 Å². The van der Waals surface area contributed by atoms with E-state index in [1.54, 1.807) is 0 Å². The summed E-state index contributed by atoms with van der Waals surface area (Å²) in [6.07, 6.45) is 0. The smallest absolute Gasteiger partial charge is 0.158 e. The van der Waals surface area contributed by atoms with Crippen LogP contribution in [0.1, 0.15) is 22.3 Å². The first kappa shape index (κ1) is 13.8. The van der Waals surface area contributed by atoms with E-state index in [1.807, 2.05) is 20.9 Å². The minimum atomic E-state index is 0.468. The summed E-state index contributed by atoms with van der Waals surface area (Å²) in [4.78, 5) is 2.06. The van der Waals surface area contributed by atoms with Crippen LogP contribution in [0.15, 0.2) is 18.2 Å². The molecule has 2 aromatic rings. The normalized spacial score (nSPS) is 10.6. The number of anilines is 2. The summed E-state index contributed by atoms with van der Waals surface area (Å²) in [6, 6.07) is 6.37. The molecule has 0 aliphatic heterocycles. The lowest BCUT2D eigenvalue weighted by molar-refractivity contribution is 0.955. The molecule has 0 spiro atoms. The minimum Gasteiger partial charge on any atom is -0.328 e. The summed E-state index contributed by atoms with van der Waals surface area (Å²) in [6.45, 7) is 8.18. The topological polar surface area (TPSA) is 29.0 Å². The van der Waals surface area contributed by atoms with Gasteiger partial charge in [0.15, 0.2) is 11.0 Å². The molecule has 0 amide bonds. The Kier molecular flexibility index (Phi) is 3.76. The van der Waals surface area contributed by atoms with Crippen molar-refractivity contribution in [2.45, 2.75) is 27.7 Å². The third kappa shape index (κ3) is 2.56. The van der Waals surface area contributed by atoms with Gasteiger partial charge in [0.2, 0.25) is 0 Å². The maximum Gasteiger partial charge on any atom is 0.158 e. The Morgan fingerprint density at radius 3 is 2.32 bits per heavy atom. The summed E-state index contributed by atoms with van der Waals surface area (Å²) < 4.78 is 0. The fourth-order valence-electron chi connectivity index (χ4n) is 2.18. The summed E-state index contributed by atoms with van der Waals surface area (Å²) in [5.74, 6) is 0.842. The van der Waals surface area contributed by atoms with Crippen LogP contribution in [0.25, 0.3) is 0 Å². The third-order valence-corrected chi connectivity index (χ3v) is 3.83. The second-order valence-electron chi connectivity index (χ2n) is 4.91. The zero-order chi connectivity index (χ0) is 14.2. The molecule has 1 aromatic carbocycles. The Morgan fingerprint density at radius 1 is 1.00 bits per heavy atom. The fourth-order valence-corrected chi connectivity index (χ4v) is 2.36. The molecule has 1 heterocycles. The van der Waals surface area contributed by atoms with Gasteiger partial charge in [-0.25, -0.2) is 0 Å². The van der Waals surface area contributed by atoms with Crippen molar-refractivity contribution in [2.75, 3.05) is 11.9 Å². The molecule has 0 unspecified atom stereocenters. The number of rotatable bonds is 2. The highest BCUT2D eigenvalue weighted by molar-refractivity contribution is 6.30. The van der Waals surface area contributed by atoms with E-state index in [0.29, 0.717) is 5.15 Å². The number of hydrogen-bond acceptors (Lipinski definition) is 3. The number of nitrogens with zero attached hydrogens (tertiary/aromatic N) is 3. The molecular weight excluding hydrogens is 258 g/mol. The van der Waals surface area contributed by atoms with Gasteiger partial charge in [0.25, 0.3) is 0 Å². The van der Waals surface area contributed by atoms with Crippen molar-refractivity contribution >= 4 is 23.1 Å². The van der Waals surface area contributed by atoms with Crippen LogP contribution in [0.3, 0.4) is 0 Å².